The van der Waals surface area contributed by atoms with E-state index in [0.717, 1.165) is 0 Å². The lowest BCUT2D eigenvalue weighted by Crippen LogP contribution is -2.28. The minimum atomic E-state index is 0.116. The maximum atomic E-state index is 5.54. The minimum Gasteiger partial charge on any atom is -0.368 e. The van der Waals surface area contributed by atoms with E-state index in [1.165, 1.54) is 11.1 Å². The molecule has 0 saturated heterocycles. The van der Waals surface area contributed by atoms with E-state index in [9.17, 15) is 0 Å². The number of ether oxygens (including phenoxy) is 1. The minimum absolute atomic E-state index is 0.116. The van der Waals surface area contributed by atoms with Gasteiger partial charge in [-0.2, -0.15) is 0 Å². The first kappa shape index (κ1) is 6.83. The van der Waals surface area contributed by atoms with E-state index in [4.69, 9.17) is 10.5 Å². The fourth-order valence-corrected chi connectivity index (χ4v) is 1.47. The third kappa shape index (κ3) is 1.04. The van der Waals surface area contributed by atoms with E-state index < -0.39 is 0 Å². The van der Waals surface area contributed by atoms with Gasteiger partial charge in [-0.05, 0) is 11.1 Å². The summed E-state index contributed by atoms with van der Waals surface area (Å²) in [5.41, 5.74) is 8.06. The van der Waals surface area contributed by atoms with Gasteiger partial charge >= 0.3 is 0 Å². The molecule has 58 valence electrons. The molecular weight excluding hydrogens is 138 g/mol. The van der Waals surface area contributed by atoms with Crippen molar-refractivity contribution >= 4 is 0 Å². The molecule has 1 heterocycles. The highest BCUT2D eigenvalue weighted by atomic mass is 16.5. The number of hydrogen-bond donors (Lipinski definition) is 1. The van der Waals surface area contributed by atoms with E-state index in [1.54, 1.807) is 0 Å². The zero-order valence-electron chi connectivity index (χ0n) is 6.29. The van der Waals surface area contributed by atoms with Gasteiger partial charge in [0.1, 0.15) is 0 Å². The van der Waals surface area contributed by atoms with Crippen LogP contribution in [0.3, 0.4) is 0 Å². The summed E-state index contributed by atoms with van der Waals surface area (Å²) in [6.45, 7) is 1.27. The van der Waals surface area contributed by atoms with Crippen LogP contribution in [-0.4, -0.2) is 19.3 Å². The molecule has 0 unspecified atom stereocenters. The Hall–Kier alpha value is -0.860. The lowest BCUT2D eigenvalue weighted by Gasteiger charge is -2.22. The van der Waals surface area contributed by atoms with Gasteiger partial charge in [-0.1, -0.05) is 24.3 Å². The summed E-state index contributed by atoms with van der Waals surface area (Å²) in [5, 5.41) is 0. The third-order valence-corrected chi connectivity index (χ3v) is 2.05. The monoisotopic (exact) mass is 149 g/mol. The van der Waals surface area contributed by atoms with Gasteiger partial charge in [-0.25, -0.2) is 0 Å². The van der Waals surface area contributed by atoms with E-state index in [2.05, 4.69) is 18.2 Å². The fraction of sp³-hybridized carbons (Fsp3) is 0.333. The van der Waals surface area contributed by atoms with Crippen LogP contribution in [0.2, 0.25) is 0 Å². The summed E-state index contributed by atoms with van der Waals surface area (Å²) in [7, 11) is 0. The number of hydrogen-bond acceptors (Lipinski definition) is 2. The molecule has 0 saturated carbocycles. The molecule has 2 aliphatic rings. The number of fused-ring (bicyclic) bond motifs is 1. The first-order valence-electron chi connectivity index (χ1n) is 3.82. The van der Waals surface area contributed by atoms with Crippen LogP contribution in [0, 0.1) is 0 Å². The average molecular weight is 149 g/mol. The molecule has 0 aromatic rings. The topological polar surface area (TPSA) is 35.2 Å². The van der Waals surface area contributed by atoms with Crippen LogP contribution in [0.5, 0.6) is 0 Å². The Balaban J connectivity index is 2.28. The summed E-state index contributed by atoms with van der Waals surface area (Å²) >= 11 is 0. The van der Waals surface area contributed by atoms with Gasteiger partial charge in [0.05, 0.1) is 12.7 Å². The molecule has 0 radical (unpaired) electrons. The number of rotatable bonds is 1. The van der Waals surface area contributed by atoms with Crippen LogP contribution in [0.15, 0.2) is 35.5 Å². The van der Waals surface area contributed by atoms with Crippen molar-refractivity contribution in [3.8, 4) is 0 Å². The van der Waals surface area contributed by atoms with E-state index in [1.807, 2.05) is 6.08 Å². The third-order valence-electron chi connectivity index (χ3n) is 2.05. The van der Waals surface area contributed by atoms with E-state index >= 15 is 0 Å². The van der Waals surface area contributed by atoms with Crippen LogP contribution in [-0.2, 0) is 4.74 Å². The highest BCUT2D eigenvalue weighted by molar-refractivity contribution is 5.51. The second-order valence-corrected chi connectivity index (χ2v) is 2.70. The first-order chi connectivity index (χ1) is 5.42. The van der Waals surface area contributed by atoms with E-state index in [0.29, 0.717) is 13.2 Å². The lowest BCUT2D eigenvalue weighted by atomic mass is 10.0. The average Bonchev–Trinajstić information content (AvgIpc) is 2.50. The van der Waals surface area contributed by atoms with Crippen LogP contribution in [0.1, 0.15) is 0 Å². The molecule has 0 aromatic heterocycles. The predicted octanol–water partition coefficient (Wildman–Crippen LogP) is 0.766. The zero-order valence-corrected chi connectivity index (χ0v) is 6.29. The molecule has 0 spiro atoms. The molecular formula is C9H11NO. The van der Waals surface area contributed by atoms with Crippen molar-refractivity contribution < 1.29 is 4.74 Å². The highest BCUT2D eigenvalue weighted by Gasteiger charge is 2.20. The molecule has 1 aliphatic carbocycles. The first-order valence-corrected chi connectivity index (χ1v) is 3.82. The molecule has 0 fully saturated rings. The molecule has 2 N–H and O–H groups in total. The molecule has 0 aromatic carbocycles. The molecule has 2 heteroatoms. The normalized spacial score (nSPS) is 27.9. The summed E-state index contributed by atoms with van der Waals surface area (Å²) in [4.78, 5) is 0. The molecule has 0 amide bonds. The molecule has 11 heavy (non-hydrogen) atoms. The van der Waals surface area contributed by atoms with Gasteiger partial charge in [0.15, 0.2) is 0 Å². The summed E-state index contributed by atoms with van der Waals surface area (Å²) in [5.74, 6) is 0. The van der Waals surface area contributed by atoms with Crippen LogP contribution in [0.4, 0.5) is 0 Å². The van der Waals surface area contributed by atoms with Crippen molar-refractivity contribution in [2.24, 2.45) is 5.73 Å². The molecule has 1 atom stereocenters. The summed E-state index contributed by atoms with van der Waals surface area (Å²) < 4.78 is 5.43. The molecule has 2 rings (SSSR count). The standard InChI is InChI=1S/C9H11NO/c10-6-9-8-3-1-2-7(8)4-5-11-9/h1-4,9H,5-6,10H2/t9-/m0/s1. The van der Waals surface area contributed by atoms with Gasteiger partial charge in [0.2, 0.25) is 0 Å². The van der Waals surface area contributed by atoms with Gasteiger partial charge in [-0.3, -0.25) is 0 Å². The Morgan fingerprint density at radius 1 is 1.64 bits per heavy atom. The molecule has 1 aliphatic heterocycles. The largest absolute Gasteiger partial charge is 0.368 e. The van der Waals surface area contributed by atoms with Crippen LogP contribution in [0.25, 0.3) is 0 Å². The lowest BCUT2D eigenvalue weighted by molar-refractivity contribution is 0.102. The molecule has 0 bridgehead atoms. The maximum absolute atomic E-state index is 5.54. The molecule has 2 nitrogen and oxygen atoms in total. The van der Waals surface area contributed by atoms with Crippen molar-refractivity contribution in [2.75, 3.05) is 13.2 Å². The van der Waals surface area contributed by atoms with Crippen LogP contribution < -0.4 is 5.73 Å². The Bertz CT molecular complexity index is 250. The summed E-state index contributed by atoms with van der Waals surface area (Å²) in [6.07, 6.45) is 8.41. The Morgan fingerprint density at radius 3 is 3.36 bits per heavy atom. The van der Waals surface area contributed by atoms with Crippen molar-refractivity contribution in [2.45, 2.75) is 6.10 Å². The van der Waals surface area contributed by atoms with E-state index in [-0.39, 0.29) is 6.10 Å². The Labute approximate surface area is 66.0 Å². The number of allylic oxidation sites excluding steroid dienone is 3. The second-order valence-electron chi connectivity index (χ2n) is 2.70. The predicted molar refractivity (Wildman–Crippen MR) is 44.1 cm³/mol. The zero-order chi connectivity index (χ0) is 7.68. The van der Waals surface area contributed by atoms with Crippen molar-refractivity contribution in [1.82, 2.24) is 0 Å². The van der Waals surface area contributed by atoms with Gasteiger partial charge < -0.3 is 10.5 Å². The van der Waals surface area contributed by atoms with Gasteiger partial charge in [-0.15, -0.1) is 0 Å². The fourth-order valence-electron chi connectivity index (χ4n) is 1.47. The van der Waals surface area contributed by atoms with Gasteiger partial charge in [0, 0.05) is 6.54 Å². The Kier molecular flexibility index (Phi) is 1.64. The number of nitrogens with two attached hydrogens (primary N) is 1. The van der Waals surface area contributed by atoms with Crippen molar-refractivity contribution in [3.63, 3.8) is 0 Å². The summed E-state index contributed by atoms with van der Waals surface area (Å²) in [6, 6.07) is 0. The van der Waals surface area contributed by atoms with Crippen LogP contribution >= 0.6 is 0 Å². The SMILES string of the molecule is NC[C@@H]1OCC=C2C=CC=C21. The highest BCUT2D eigenvalue weighted by Crippen LogP contribution is 2.26. The van der Waals surface area contributed by atoms with Gasteiger partial charge in [0.25, 0.3) is 0 Å². The Morgan fingerprint density at radius 2 is 2.55 bits per heavy atom. The quantitative estimate of drug-likeness (QED) is 0.597. The van der Waals surface area contributed by atoms with Crippen molar-refractivity contribution in [1.29, 1.82) is 0 Å². The second kappa shape index (κ2) is 2.64. The smallest absolute Gasteiger partial charge is 0.0957 e. The van der Waals surface area contributed by atoms with Crippen molar-refractivity contribution in [3.05, 3.63) is 35.5 Å². The maximum Gasteiger partial charge on any atom is 0.0957 e.